The molecule has 1 aromatic carbocycles. The first-order valence-electron chi connectivity index (χ1n) is 9.35. The first-order valence-corrected chi connectivity index (χ1v) is 9.35. The van der Waals surface area contributed by atoms with E-state index in [1.165, 1.54) is 5.56 Å². The van der Waals surface area contributed by atoms with Crippen LogP contribution < -0.4 is 4.74 Å². The van der Waals surface area contributed by atoms with Crippen molar-refractivity contribution in [2.24, 2.45) is 7.05 Å². The molecule has 28 heavy (non-hydrogen) atoms. The molecular formula is C20H23N5O3. The predicted octanol–water partition coefficient (Wildman–Crippen LogP) is 2.98. The lowest BCUT2D eigenvalue weighted by Gasteiger charge is -2.21. The van der Waals surface area contributed by atoms with Gasteiger partial charge >= 0.3 is 0 Å². The van der Waals surface area contributed by atoms with E-state index >= 15 is 0 Å². The Morgan fingerprint density at radius 3 is 2.79 bits per heavy atom. The van der Waals surface area contributed by atoms with Crippen molar-refractivity contribution in [3.63, 3.8) is 0 Å². The summed E-state index contributed by atoms with van der Waals surface area (Å²) in [4.78, 5) is 19.1. The third-order valence-corrected chi connectivity index (χ3v) is 5.01. The second kappa shape index (κ2) is 7.46. The Kier molecular flexibility index (Phi) is 4.85. The van der Waals surface area contributed by atoms with Crippen molar-refractivity contribution in [1.29, 1.82) is 0 Å². The highest BCUT2D eigenvalue weighted by Crippen LogP contribution is 2.31. The number of ether oxygens (including phenoxy) is 1. The molecule has 0 spiro atoms. The van der Waals surface area contributed by atoms with Crippen LogP contribution in [0.2, 0.25) is 0 Å². The van der Waals surface area contributed by atoms with Crippen LogP contribution in [0.4, 0.5) is 0 Å². The first-order chi connectivity index (χ1) is 13.5. The second-order valence-electron chi connectivity index (χ2n) is 7.10. The molecule has 8 nitrogen and oxygen atoms in total. The highest BCUT2D eigenvalue weighted by molar-refractivity contribution is 5.92. The molecule has 0 saturated carbocycles. The van der Waals surface area contributed by atoms with Crippen molar-refractivity contribution in [3.8, 4) is 5.75 Å². The number of hydrogen-bond acceptors (Lipinski definition) is 6. The molecule has 1 fully saturated rings. The van der Waals surface area contributed by atoms with Crippen molar-refractivity contribution in [3.05, 3.63) is 59.0 Å². The zero-order valence-corrected chi connectivity index (χ0v) is 16.3. The van der Waals surface area contributed by atoms with E-state index in [2.05, 4.69) is 15.2 Å². The van der Waals surface area contributed by atoms with E-state index in [-0.39, 0.29) is 18.6 Å². The topological polar surface area (TPSA) is 86.3 Å². The van der Waals surface area contributed by atoms with Crippen LogP contribution >= 0.6 is 0 Å². The largest absolute Gasteiger partial charge is 0.484 e. The maximum absolute atomic E-state index is 12.9. The molecule has 146 valence electrons. The molecule has 3 heterocycles. The lowest BCUT2D eigenvalue weighted by atomic mass is 10.2. The zero-order chi connectivity index (χ0) is 19.7. The molecule has 3 aromatic rings. The SMILES string of the molecule is Cc1ccc(OCc2nc(C3CCCN3C(=O)c3cc(C)n(C)n3)no2)cc1. The van der Waals surface area contributed by atoms with Gasteiger partial charge in [-0.25, -0.2) is 0 Å². The summed E-state index contributed by atoms with van der Waals surface area (Å²) in [5.41, 5.74) is 2.55. The highest BCUT2D eigenvalue weighted by Gasteiger charge is 2.35. The van der Waals surface area contributed by atoms with E-state index in [9.17, 15) is 4.79 Å². The van der Waals surface area contributed by atoms with Crippen LogP contribution in [0.5, 0.6) is 5.75 Å². The van der Waals surface area contributed by atoms with E-state index in [1.807, 2.05) is 45.2 Å². The van der Waals surface area contributed by atoms with Gasteiger partial charge in [0.1, 0.15) is 5.75 Å². The fourth-order valence-electron chi connectivity index (χ4n) is 3.33. The molecule has 0 radical (unpaired) electrons. The van der Waals surface area contributed by atoms with E-state index in [0.29, 0.717) is 24.0 Å². The molecule has 1 saturated heterocycles. The van der Waals surface area contributed by atoms with E-state index in [1.54, 1.807) is 15.6 Å². The molecule has 1 atom stereocenters. The maximum Gasteiger partial charge on any atom is 0.274 e. The van der Waals surface area contributed by atoms with Gasteiger partial charge in [0.25, 0.3) is 11.8 Å². The Hall–Kier alpha value is -3.16. The number of rotatable bonds is 5. The summed E-state index contributed by atoms with van der Waals surface area (Å²) in [5.74, 6) is 1.55. The summed E-state index contributed by atoms with van der Waals surface area (Å²) >= 11 is 0. The van der Waals surface area contributed by atoms with Crippen molar-refractivity contribution >= 4 is 5.91 Å². The third-order valence-electron chi connectivity index (χ3n) is 5.01. The summed E-state index contributed by atoms with van der Waals surface area (Å²) < 4.78 is 12.7. The normalized spacial score (nSPS) is 16.5. The monoisotopic (exact) mass is 381 g/mol. The summed E-state index contributed by atoms with van der Waals surface area (Å²) in [6, 6.07) is 9.37. The Morgan fingerprint density at radius 1 is 1.29 bits per heavy atom. The van der Waals surface area contributed by atoms with Crippen LogP contribution in [0.15, 0.2) is 34.9 Å². The zero-order valence-electron chi connectivity index (χ0n) is 16.3. The Balaban J connectivity index is 1.44. The van der Waals surface area contributed by atoms with Crippen LogP contribution in [0.3, 0.4) is 0 Å². The average Bonchev–Trinajstić information content (AvgIpc) is 3.41. The minimum Gasteiger partial charge on any atom is -0.484 e. The summed E-state index contributed by atoms with van der Waals surface area (Å²) in [5, 5.41) is 8.39. The minimum atomic E-state index is -0.202. The summed E-state index contributed by atoms with van der Waals surface area (Å²) in [7, 11) is 1.83. The summed E-state index contributed by atoms with van der Waals surface area (Å²) in [6.07, 6.45) is 1.70. The smallest absolute Gasteiger partial charge is 0.274 e. The number of hydrogen-bond donors (Lipinski definition) is 0. The van der Waals surface area contributed by atoms with E-state index in [0.717, 1.165) is 24.3 Å². The van der Waals surface area contributed by atoms with Gasteiger partial charge in [-0.15, -0.1) is 0 Å². The lowest BCUT2D eigenvalue weighted by Crippen LogP contribution is -2.31. The van der Waals surface area contributed by atoms with Gasteiger partial charge in [-0.05, 0) is 44.9 Å². The van der Waals surface area contributed by atoms with Crippen LogP contribution in [0.25, 0.3) is 0 Å². The van der Waals surface area contributed by atoms with E-state index in [4.69, 9.17) is 9.26 Å². The van der Waals surface area contributed by atoms with Crippen molar-refractivity contribution < 1.29 is 14.1 Å². The molecular weight excluding hydrogens is 358 g/mol. The van der Waals surface area contributed by atoms with Gasteiger partial charge in [-0.1, -0.05) is 22.9 Å². The molecule has 2 aromatic heterocycles. The number of aromatic nitrogens is 4. The van der Waals surface area contributed by atoms with Crippen LogP contribution in [-0.2, 0) is 13.7 Å². The van der Waals surface area contributed by atoms with Gasteiger partial charge < -0.3 is 14.2 Å². The average molecular weight is 381 g/mol. The number of benzene rings is 1. The molecule has 1 aliphatic heterocycles. The molecule has 0 aliphatic carbocycles. The van der Waals surface area contributed by atoms with Crippen molar-refractivity contribution in [2.45, 2.75) is 39.3 Å². The van der Waals surface area contributed by atoms with Crippen LogP contribution in [-0.4, -0.2) is 37.3 Å². The fourth-order valence-corrected chi connectivity index (χ4v) is 3.33. The van der Waals surface area contributed by atoms with E-state index < -0.39 is 0 Å². The molecule has 1 aliphatic rings. The first kappa shape index (κ1) is 18.2. The van der Waals surface area contributed by atoms with Crippen molar-refractivity contribution in [1.82, 2.24) is 24.8 Å². The molecule has 4 rings (SSSR count). The predicted molar refractivity (Wildman–Crippen MR) is 101 cm³/mol. The molecule has 8 heteroatoms. The Labute approximate surface area is 163 Å². The summed E-state index contributed by atoms with van der Waals surface area (Å²) in [6.45, 7) is 4.79. The quantitative estimate of drug-likeness (QED) is 0.675. The number of carbonyl (C=O) groups is 1. The number of carbonyl (C=O) groups excluding carboxylic acids is 1. The number of likely N-dealkylation sites (tertiary alicyclic amines) is 1. The van der Waals surface area contributed by atoms with Gasteiger partial charge in [0.2, 0.25) is 0 Å². The molecule has 1 unspecified atom stereocenters. The second-order valence-corrected chi connectivity index (χ2v) is 7.10. The molecule has 0 N–H and O–H groups in total. The Morgan fingerprint density at radius 2 is 2.07 bits per heavy atom. The van der Waals surface area contributed by atoms with Crippen LogP contribution in [0, 0.1) is 13.8 Å². The van der Waals surface area contributed by atoms with Crippen molar-refractivity contribution in [2.75, 3.05) is 6.54 Å². The highest BCUT2D eigenvalue weighted by atomic mass is 16.5. The van der Waals surface area contributed by atoms with Gasteiger partial charge in [0.05, 0.1) is 6.04 Å². The minimum absolute atomic E-state index is 0.103. The fraction of sp³-hybridized carbons (Fsp3) is 0.400. The van der Waals surface area contributed by atoms with Gasteiger partial charge in [0.15, 0.2) is 18.1 Å². The molecule has 1 amide bonds. The number of aryl methyl sites for hydroxylation is 3. The molecule has 0 bridgehead atoms. The number of amides is 1. The number of nitrogens with zero attached hydrogens (tertiary/aromatic N) is 5. The van der Waals surface area contributed by atoms with Gasteiger partial charge in [-0.3, -0.25) is 9.48 Å². The van der Waals surface area contributed by atoms with Gasteiger partial charge in [0, 0.05) is 19.3 Å². The Bertz CT molecular complexity index is 957. The standard InChI is InChI=1S/C20H23N5O3/c1-13-6-8-15(9-7-13)27-12-18-21-19(23-28-18)17-5-4-10-25(17)20(26)16-11-14(2)24(3)22-16/h6-9,11,17H,4-5,10,12H2,1-3H3. The third kappa shape index (κ3) is 3.62. The van der Waals surface area contributed by atoms with Gasteiger partial charge in [-0.2, -0.15) is 10.1 Å². The maximum atomic E-state index is 12.9. The lowest BCUT2D eigenvalue weighted by molar-refractivity contribution is 0.0721. The van der Waals surface area contributed by atoms with Crippen LogP contribution in [0.1, 0.15) is 52.3 Å².